The van der Waals surface area contributed by atoms with Crippen LogP contribution >= 0.6 is 0 Å². The third kappa shape index (κ3) is 10.4. The largest absolute Gasteiger partial charge is 0.533 e. The van der Waals surface area contributed by atoms with Gasteiger partial charge in [-0.1, -0.05) is 31.0 Å². The number of fused-ring (bicyclic) bond motifs is 3. The molecular weight excluding hydrogens is 634 g/mol. The van der Waals surface area contributed by atoms with Gasteiger partial charge in [0.1, 0.15) is 6.61 Å². The molecule has 1 aliphatic heterocycles. The van der Waals surface area contributed by atoms with Gasteiger partial charge in [0.05, 0.1) is 0 Å². The van der Waals surface area contributed by atoms with Crippen molar-refractivity contribution in [3.8, 4) is 11.1 Å². The molecule has 49 heavy (non-hydrogen) atoms. The number of carbonyl (C=O) groups is 7. The monoisotopic (exact) mass is 677 g/mol. The number of rotatable bonds is 17. The lowest BCUT2D eigenvalue weighted by molar-refractivity contribution is -0.177. The molecule has 1 fully saturated rings. The van der Waals surface area contributed by atoms with Gasteiger partial charge in [-0.05, 0) is 72.2 Å². The standard InChI is InChI=1S/C35H43N5O9/c1-3-17-36-29(41)7-5-9-31(43)38-22-11-13-24-25-14-12-23(39-32(44)10-6-8-30(42)37-18-4-2)20-27(25)28(26(24)19-22)21-48-35(47)49-40-33(45)15-16-34(40)46/h11-14,19-20,28H,3-10,15-18,21H2,1-2H3,(H,36,41)(H,37,42)(H,38,43)(H,39,44). The highest BCUT2D eigenvalue weighted by Gasteiger charge is 2.35. The van der Waals surface area contributed by atoms with Crippen LogP contribution in [0.4, 0.5) is 16.2 Å². The first kappa shape index (κ1) is 36.6. The molecule has 0 unspecified atom stereocenters. The summed E-state index contributed by atoms with van der Waals surface area (Å²) in [7, 11) is 0. The Morgan fingerprint density at radius 1 is 0.694 bits per heavy atom. The van der Waals surface area contributed by atoms with Crippen LogP contribution in [0.25, 0.3) is 11.1 Å². The minimum atomic E-state index is -1.22. The molecule has 262 valence electrons. The van der Waals surface area contributed by atoms with E-state index in [4.69, 9.17) is 9.57 Å². The van der Waals surface area contributed by atoms with Crippen LogP contribution in [0.1, 0.15) is 95.1 Å². The number of ether oxygens (including phenoxy) is 1. The van der Waals surface area contributed by atoms with E-state index in [0.717, 1.165) is 35.1 Å². The van der Waals surface area contributed by atoms with Crippen molar-refractivity contribution in [2.24, 2.45) is 0 Å². The smallest absolute Gasteiger partial charge is 0.432 e. The van der Waals surface area contributed by atoms with E-state index in [1.165, 1.54) is 0 Å². The number of hydrogen-bond donors (Lipinski definition) is 4. The van der Waals surface area contributed by atoms with E-state index < -0.39 is 23.9 Å². The van der Waals surface area contributed by atoms with Gasteiger partial charge in [0.2, 0.25) is 23.6 Å². The van der Waals surface area contributed by atoms with Gasteiger partial charge in [0.15, 0.2) is 0 Å². The number of nitrogens with one attached hydrogen (secondary N) is 4. The molecule has 0 aromatic heterocycles. The zero-order chi connectivity index (χ0) is 35.3. The Bertz CT molecular complexity index is 1490. The number of hydrogen-bond acceptors (Lipinski definition) is 9. The lowest BCUT2D eigenvalue weighted by Gasteiger charge is -2.17. The van der Waals surface area contributed by atoms with Gasteiger partial charge in [-0.3, -0.25) is 33.6 Å². The molecule has 0 saturated carbocycles. The Hall–Kier alpha value is -5.27. The molecule has 14 nitrogen and oxygen atoms in total. The van der Waals surface area contributed by atoms with Crippen molar-refractivity contribution in [1.82, 2.24) is 15.7 Å². The first-order valence-corrected chi connectivity index (χ1v) is 16.7. The average molecular weight is 678 g/mol. The second-order valence-corrected chi connectivity index (χ2v) is 11.9. The summed E-state index contributed by atoms with van der Waals surface area (Å²) in [5, 5.41) is 11.7. The molecule has 1 saturated heterocycles. The minimum absolute atomic E-state index is 0.0589. The van der Waals surface area contributed by atoms with Crippen LogP contribution < -0.4 is 21.3 Å². The van der Waals surface area contributed by atoms with Gasteiger partial charge >= 0.3 is 6.16 Å². The SMILES string of the molecule is CCCNC(=O)CCCC(=O)Nc1ccc2c(c1)C(COC(=O)ON1C(=O)CCC1=O)c1cc(NC(=O)CCCC(=O)NCCC)ccc1-2. The highest BCUT2D eigenvalue weighted by Crippen LogP contribution is 2.47. The van der Waals surface area contributed by atoms with Gasteiger partial charge in [-0.15, -0.1) is 0 Å². The van der Waals surface area contributed by atoms with Gasteiger partial charge in [-0.2, -0.15) is 0 Å². The zero-order valence-corrected chi connectivity index (χ0v) is 27.9. The van der Waals surface area contributed by atoms with Crippen LogP contribution in [0.15, 0.2) is 36.4 Å². The quantitative estimate of drug-likeness (QED) is 0.140. The molecule has 1 heterocycles. The molecule has 0 bridgehead atoms. The lowest BCUT2D eigenvalue weighted by Crippen LogP contribution is -2.32. The Balaban J connectivity index is 1.46. The van der Waals surface area contributed by atoms with Crippen molar-refractivity contribution in [1.29, 1.82) is 0 Å². The fourth-order valence-corrected chi connectivity index (χ4v) is 5.58. The molecule has 2 aliphatic rings. The molecule has 0 radical (unpaired) electrons. The average Bonchev–Trinajstić information content (AvgIpc) is 3.55. The molecule has 1 aliphatic carbocycles. The molecule has 4 rings (SSSR count). The number of carbonyl (C=O) groups excluding carboxylic acids is 7. The Morgan fingerprint density at radius 3 is 1.59 bits per heavy atom. The van der Waals surface area contributed by atoms with E-state index in [9.17, 15) is 33.6 Å². The van der Waals surface area contributed by atoms with Crippen molar-refractivity contribution in [3.63, 3.8) is 0 Å². The van der Waals surface area contributed by atoms with Crippen LogP contribution in [-0.4, -0.2) is 66.4 Å². The summed E-state index contributed by atoms with van der Waals surface area (Å²) in [5.41, 5.74) is 4.12. The van der Waals surface area contributed by atoms with Crippen molar-refractivity contribution >= 4 is 53.0 Å². The van der Waals surface area contributed by atoms with Crippen molar-refractivity contribution in [2.45, 2.75) is 84.0 Å². The molecule has 2 aromatic rings. The molecular formula is C35H43N5O9. The fourth-order valence-electron chi connectivity index (χ4n) is 5.58. The van der Waals surface area contributed by atoms with Gasteiger partial charge in [0, 0.05) is 68.9 Å². The second-order valence-electron chi connectivity index (χ2n) is 11.9. The maximum atomic E-state index is 12.7. The zero-order valence-electron chi connectivity index (χ0n) is 27.9. The summed E-state index contributed by atoms with van der Waals surface area (Å²) in [5.74, 6) is -2.55. The summed E-state index contributed by atoms with van der Waals surface area (Å²) >= 11 is 0. The lowest BCUT2D eigenvalue weighted by atomic mass is 9.97. The first-order chi connectivity index (χ1) is 23.6. The third-order valence-corrected chi connectivity index (χ3v) is 8.01. The number of nitrogens with zero attached hydrogens (tertiary/aromatic N) is 1. The topological polar surface area (TPSA) is 189 Å². The molecule has 0 spiro atoms. The maximum Gasteiger partial charge on any atom is 0.533 e. The molecule has 6 amide bonds. The summed E-state index contributed by atoms with van der Waals surface area (Å²) in [6.45, 7) is 4.87. The molecule has 14 heteroatoms. The van der Waals surface area contributed by atoms with Crippen molar-refractivity contribution in [3.05, 3.63) is 47.5 Å². The van der Waals surface area contributed by atoms with Gasteiger partial charge in [0.25, 0.3) is 11.8 Å². The Morgan fingerprint density at radius 2 is 1.14 bits per heavy atom. The second kappa shape index (κ2) is 17.8. The van der Waals surface area contributed by atoms with Crippen LogP contribution in [-0.2, 0) is 38.3 Å². The van der Waals surface area contributed by atoms with Gasteiger partial charge < -0.3 is 26.0 Å². The van der Waals surface area contributed by atoms with Crippen molar-refractivity contribution < 1.29 is 43.1 Å². The number of benzene rings is 2. The maximum absolute atomic E-state index is 12.7. The predicted octanol–water partition coefficient (Wildman–Crippen LogP) is 4.29. The van der Waals surface area contributed by atoms with E-state index in [-0.39, 0.29) is 68.8 Å². The highest BCUT2D eigenvalue weighted by atomic mass is 16.8. The van der Waals surface area contributed by atoms with E-state index in [2.05, 4.69) is 21.3 Å². The Kier molecular flexibility index (Phi) is 13.3. The van der Waals surface area contributed by atoms with E-state index >= 15 is 0 Å². The van der Waals surface area contributed by atoms with Crippen LogP contribution in [0.5, 0.6) is 0 Å². The van der Waals surface area contributed by atoms with E-state index in [0.29, 0.717) is 42.4 Å². The van der Waals surface area contributed by atoms with E-state index in [1.807, 2.05) is 26.0 Å². The molecule has 0 atom stereocenters. The molecule has 4 N–H and O–H groups in total. The summed E-state index contributed by atoms with van der Waals surface area (Å²) in [4.78, 5) is 90.4. The first-order valence-electron chi connectivity index (χ1n) is 16.7. The molecule has 2 aromatic carbocycles. The normalized spacial score (nSPS) is 13.4. The Labute approximate surface area is 284 Å². The minimum Gasteiger partial charge on any atom is -0.432 e. The summed E-state index contributed by atoms with van der Waals surface area (Å²) in [6.07, 6.45) is 1.87. The van der Waals surface area contributed by atoms with Crippen LogP contribution in [0, 0.1) is 0 Å². The number of hydroxylamine groups is 2. The highest BCUT2D eigenvalue weighted by molar-refractivity contribution is 6.01. The van der Waals surface area contributed by atoms with Gasteiger partial charge in [-0.25, -0.2) is 4.79 Å². The fraction of sp³-hybridized carbons (Fsp3) is 0.457. The van der Waals surface area contributed by atoms with Crippen LogP contribution in [0.2, 0.25) is 0 Å². The van der Waals surface area contributed by atoms with E-state index in [1.54, 1.807) is 24.3 Å². The number of amides is 6. The summed E-state index contributed by atoms with van der Waals surface area (Å²) in [6, 6.07) is 10.7. The number of imide groups is 1. The third-order valence-electron chi connectivity index (χ3n) is 8.01. The summed E-state index contributed by atoms with van der Waals surface area (Å²) < 4.78 is 5.39. The van der Waals surface area contributed by atoms with Crippen molar-refractivity contribution in [2.75, 3.05) is 30.3 Å². The number of anilines is 2. The predicted molar refractivity (Wildman–Crippen MR) is 179 cm³/mol. The van der Waals surface area contributed by atoms with Crippen LogP contribution in [0.3, 0.4) is 0 Å².